The zero-order chi connectivity index (χ0) is 14.7. The van der Waals surface area contributed by atoms with Gasteiger partial charge in [0.05, 0.1) is 11.9 Å². The number of H-pyrrole nitrogens is 1. The third kappa shape index (κ3) is 2.88. The fourth-order valence-corrected chi connectivity index (χ4v) is 2.43. The van der Waals surface area contributed by atoms with Crippen molar-refractivity contribution >= 4 is 28.1 Å². The van der Waals surface area contributed by atoms with Crippen molar-refractivity contribution < 1.29 is 4.79 Å². The maximum atomic E-state index is 11.7. The molecule has 3 N–H and O–H groups in total. The van der Waals surface area contributed by atoms with Crippen LogP contribution in [0, 0.1) is 0 Å². The first-order valence-corrected chi connectivity index (χ1v) is 7.01. The number of amides is 1. The largest absolute Gasteiger partial charge is 0.355 e. The molecular formula is C13H16N4O2S. The molecular weight excluding hydrogens is 276 g/mol. The molecule has 0 fully saturated rings. The highest BCUT2D eigenvalue weighted by Gasteiger charge is 2.17. The smallest absolute Gasteiger partial charge is 0.273 e. The number of nitrogens with one attached hydrogen (secondary N) is 3. The van der Waals surface area contributed by atoms with Crippen LogP contribution in [0.5, 0.6) is 0 Å². The molecule has 2 heterocycles. The minimum Gasteiger partial charge on any atom is -0.355 e. The summed E-state index contributed by atoms with van der Waals surface area (Å²) in [5, 5.41) is 5.97. The van der Waals surface area contributed by atoms with Gasteiger partial charge in [-0.05, 0) is 29.6 Å². The molecule has 6 nitrogen and oxygen atoms in total. The van der Waals surface area contributed by atoms with Crippen LogP contribution in [0.2, 0.25) is 0 Å². The molecule has 0 unspecified atom stereocenters. The Morgan fingerprint density at radius 1 is 1.40 bits per heavy atom. The van der Waals surface area contributed by atoms with Crippen molar-refractivity contribution in [3.05, 3.63) is 39.9 Å². The lowest BCUT2D eigenvalue weighted by Gasteiger charge is -2.07. The Morgan fingerprint density at radius 2 is 2.15 bits per heavy atom. The summed E-state index contributed by atoms with van der Waals surface area (Å²) in [6.07, 6.45) is 1.69. The van der Waals surface area contributed by atoms with E-state index in [1.54, 1.807) is 6.20 Å². The van der Waals surface area contributed by atoms with Gasteiger partial charge in [-0.3, -0.25) is 18.9 Å². The number of carbonyl (C=O) groups is 1. The van der Waals surface area contributed by atoms with Gasteiger partial charge in [-0.15, -0.1) is 0 Å². The van der Waals surface area contributed by atoms with E-state index in [4.69, 9.17) is 0 Å². The van der Waals surface area contributed by atoms with Crippen LogP contribution in [-0.4, -0.2) is 22.3 Å². The number of carbonyl (C=O) groups excluding carboxylic acids is 1. The van der Waals surface area contributed by atoms with E-state index in [1.807, 2.05) is 12.1 Å². The lowest BCUT2D eigenvalue weighted by Crippen LogP contribution is -2.24. The van der Waals surface area contributed by atoms with Gasteiger partial charge < -0.3 is 10.6 Å². The van der Waals surface area contributed by atoms with Crippen LogP contribution in [0.25, 0.3) is 0 Å². The average molecular weight is 292 g/mol. The standard InChI is InChI=1S/C13H16N4O2S/c1-7(2)9-5-4-8(6-15-9)16-13-10(11(18)14-3)12(19)17-20-13/h4-7,16H,1-3H3,(H,14,18)(H,17,19). The van der Waals surface area contributed by atoms with E-state index in [1.165, 1.54) is 7.05 Å². The molecule has 0 radical (unpaired) electrons. The van der Waals surface area contributed by atoms with Crippen molar-refractivity contribution in [1.82, 2.24) is 14.7 Å². The highest BCUT2D eigenvalue weighted by molar-refractivity contribution is 7.10. The molecule has 2 aromatic rings. The fourth-order valence-electron chi connectivity index (χ4n) is 1.67. The molecule has 106 valence electrons. The number of hydrogen-bond acceptors (Lipinski definition) is 5. The van der Waals surface area contributed by atoms with E-state index >= 15 is 0 Å². The maximum absolute atomic E-state index is 11.7. The molecule has 7 heteroatoms. The fraction of sp³-hybridized carbons (Fsp3) is 0.308. The molecule has 0 aliphatic rings. The number of anilines is 2. The predicted octanol–water partition coefficient (Wildman–Crippen LogP) is 2.06. The Labute approximate surface area is 120 Å². The Balaban J connectivity index is 2.26. The first-order chi connectivity index (χ1) is 9.52. The zero-order valence-corrected chi connectivity index (χ0v) is 12.3. The van der Waals surface area contributed by atoms with Gasteiger partial charge in [-0.25, -0.2) is 0 Å². The number of aromatic amines is 1. The second-order valence-corrected chi connectivity index (χ2v) is 5.38. The van der Waals surface area contributed by atoms with Gasteiger partial charge >= 0.3 is 0 Å². The van der Waals surface area contributed by atoms with Crippen molar-refractivity contribution in [2.75, 3.05) is 12.4 Å². The molecule has 0 aliphatic carbocycles. The van der Waals surface area contributed by atoms with Gasteiger partial charge in [-0.1, -0.05) is 13.8 Å². The van der Waals surface area contributed by atoms with E-state index in [0.717, 1.165) is 22.9 Å². The van der Waals surface area contributed by atoms with Crippen molar-refractivity contribution in [2.24, 2.45) is 0 Å². The van der Waals surface area contributed by atoms with Crippen LogP contribution in [0.15, 0.2) is 23.1 Å². The van der Waals surface area contributed by atoms with Gasteiger partial charge in [0.2, 0.25) is 0 Å². The van der Waals surface area contributed by atoms with E-state index in [2.05, 4.69) is 33.8 Å². The molecule has 0 atom stereocenters. The SMILES string of the molecule is CNC(=O)c1c(Nc2ccc(C(C)C)nc2)s[nH]c1=O. The van der Waals surface area contributed by atoms with E-state index in [-0.39, 0.29) is 5.56 Å². The maximum Gasteiger partial charge on any atom is 0.273 e. The highest BCUT2D eigenvalue weighted by atomic mass is 32.1. The van der Waals surface area contributed by atoms with Crippen molar-refractivity contribution in [3.63, 3.8) is 0 Å². The highest BCUT2D eigenvalue weighted by Crippen LogP contribution is 2.23. The van der Waals surface area contributed by atoms with Crippen LogP contribution < -0.4 is 16.2 Å². The second kappa shape index (κ2) is 5.87. The number of rotatable bonds is 4. The first-order valence-electron chi connectivity index (χ1n) is 6.19. The number of pyridine rings is 1. The topological polar surface area (TPSA) is 86.9 Å². The lowest BCUT2D eigenvalue weighted by molar-refractivity contribution is 0.0963. The van der Waals surface area contributed by atoms with Gasteiger partial charge in [0, 0.05) is 12.7 Å². The molecule has 20 heavy (non-hydrogen) atoms. The predicted molar refractivity (Wildman–Crippen MR) is 79.9 cm³/mol. The molecule has 0 saturated carbocycles. The summed E-state index contributed by atoms with van der Waals surface area (Å²) in [5.74, 6) is -0.0597. The number of hydrogen-bond donors (Lipinski definition) is 3. The third-order valence-corrected chi connectivity index (χ3v) is 3.59. The average Bonchev–Trinajstić information content (AvgIpc) is 2.79. The van der Waals surface area contributed by atoms with Crippen LogP contribution in [0.1, 0.15) is 35.8 Å². The van der Waals surface area contributed by atoms with Crippen LogP contribution >= 0.6 is 11.5 Å². The Bertz CT molecular complexity index is 658. The Morgan fingerprint density at radius 3 is 2.70 bits per heavy atom. The minimum absolute atomic E-state index is 0.0884. The Kier molecular flexibility index (Phi) is 4.19. The van der Waals surface area contributed by atoms with Gasteiger partial charge in [0.1, 0.15) is 10.6 Å². The lowest BCUT2D eigenvalue weighted by atomic mass is 10.1. The summed E-state index contributed by atoms with van der Waals surface area (Å²) >= 11 is 1.09. The van der Waals surface area contributed by atoms with Crippen LogP contribution in [-0.2, 0) is 0 Å². The summed E-state index contributed by atoms with van der Waals surface area (Å²) in [6, 6.07) is 3.79. The van der Waals surface area contributed by atoms with E-state index < -0.39 is 11.5 Å². The molecule has 0 aromatic carbocycles. The van der Waals surface area contributed by atoms with Gasteiger partial charge in [-0.2, -0.15) is 0 Å². The molecule has 1 amide bonds. The second-order valence-electron chi connectivity index (χ2n) is 4.57. The van der Waals surface area contributed by atoms with Crippen LogP contribution in [0.3, 0.4) is 0 Å². The minimum atomic E-state index is -0.415. The van der Waals surface area contributed by atoms with Crippen molar-refractivity contribution in [1.29, 1.82) is 0 Å². The Hall–Kier alpha value is -2.15. The summed E-state index contributed by atoms with van der Waals surface area (Å²) in [5.41, 5.74) is 1.41. The first kappa shape index (κ1) is 14.3. The quantitative estimate of drug-likeness (QED) is 0.805. The molecule has 2 rings (SSSR count). The summed E-state index contributed by atoms with van der Waals surface area (Å²) in [4.78, 5) is 27.6. The monoisotopic (exact) mass is 292 g/mol. The number of aromatic nitrogens is 2. The molecule has 0 spiro atoms. The summed E-state index contributed by atoms with van der Waals surface area (Å²) < 4.78 is 2.54. The van der Waals surface area contributed by atoms with Gasteiger partial charge in [0.15, 0.2) is 0 Å². The molecule has 0 saturated heterocycles. The number of nitrogens with zero attached hydrogens (tertiary/aromatic N) is 1. The van der Waals surface area contributed by atoms with E-state index in [9.17, 15) is 9.59 Å². The molecule has 0 aliphatic heterocycles. The van der Waals surface area contributed by atoms with Crippen LogP contribution in [0.4, 0.5) is 10.7 Å². The normalized spacial score (nSPS) is 10.6. The van der Waals surface area contributed by atoms with Crippen molar-refractivity contribution in [2.45, 2.75) is 19.8 Å². The summed E-state index contributed by atoms with van der Waals surface area (Å²) in [7, 11) is 1.49. The molecule has 0 bridgehead atoms. The van der Waals surface area contributed by atoms with Crippen molar-refractivity contribution in [3.8, 4) is 0 Å². The third-order valence-electron chi connectivity index (χ3n) is 2.79. The zero-order valence-electron chi connectivity index (χ0n) is 11.5. The van der Waals surface area contributed by atoms with Gasteiger partial charge in [0.25, 0.3) is 11.5 Å². The van der Waals surface area contributed by atoms with E-state index in [0.29, 0.717) is 10.9 Å². The molecule has 2 aromatic heterocycles. The summed E-state index contributed by atoms with van der Waals surface area (Å²) in [6.45, 7) is 4.13.